The van der Waals surface area contributed by atoms with E-state index in [4.69, 9.17) is 0 Å². The van der Waals surface area contributed by atoms with Crippen molar-refractivity contribution in [3.8, 4) is 11.5 Å². The van der Waals surface area contributed by atoms with Crippen LogP contribution in [0.3, 0.4) is 0 Å². The summed E-state index contributed by atoms with van der Waals surface area (Å²) in [5, 5.41) is 19.0. The van der Waals surface area contributed by atoms with Gasteiger partial charge >= 0.3 is 0 Å². The van der Waals surface area contributed by atoms with Crippen LogP contribution < -0.4 is 0 Å². The Bertz CT molecular complexity index is 695. The van der Waals surface area contributed by atoms with E-state index in [-0.39, 0.29) is 17.3 Å². The van der Waals surface area contributed by atoms with Crippen molar-refractivity contribution in [2.75, 3.05) is 0 Å². The summed E-state index contributed by atoms with van der Waals surface area (Å²) in [5.74, 6) is 0.615. The van der Waals surface area contributed by atoms with Gasteiger partial charge in [-0.05, 0) is 66.3 Å². The van der Waals surface area contributed by atoms with Crippen molar-refractivity contribution in [1.29, 1.82) is 0 Å². The van der Waals surface area contributed by atoms with Gasteiger partial charge in [0.05, 0.1) is 0 Å². The van der Waals surface area contributed by atoms with Gasteiger partial charge in [-0.3, -0.25) is 0 Å². The average Bonchev–Trinajstić information content (AvgIpc) is 2.53. The average molecular weight is 310 g/mol. The molecule has 0 fully saturated rings. The molecule has 0 aliphatic carbocycles. The minimum Gasteiger partial charge on any atom is -0.508 e. The first kappa shape index (κ1) is 16.8. The maximum absolute atomic E-state index is 11.4. The van der Waals surface area contributed by atoms with Crippen LogP contribution in [-0.4, -0.2) is 16.0 Å². The molecule has 0 aliphatic heterocycles. The SMILES string of the molecule is CC/C(=C(/CCC(C)=O)c1ccc(O)cc1)c1ccc(O)cc1. The van der Waals surface area contributed by atoms with Crippen LogP contribution in [0, 0.1) is 0 Å². The summed E-state index contributed by atoms with van der Waals surface area (Å²) in [6.07, 6.45) is 1.96. The summed E-state index contributed by atoms with van der Waals surface area (Å²) in [6, 6.07) is 14.2. The minimum atomic E-state index is 0.155. The molecular weight excluding hydrogens is 288 g/mol. The van der Waals surface area contributed by atoms with Gasteiger partial charge in [0.15, 0.2) is 0 Å². The van der Waals surface area contributed by atoms with Gasteiger partial charge in [-0.25, -0.2) is 0 Å². The Balaban J connectivity index is 2.52. The molecule has 0 bridgehead atoms. The lowest BCUT2D eigenvalue weighted by atomic mass is 9.89. The van der Waals surface area contributed by atoms with Crippen molar-refractivity contribution in [1.82, 2.24) is 0 Å². The van der Waals surface area contributed by atoms with Crippen LogP contribution in [0.5, 0.6) is 11.5 Å². The van der Waals surface area contributed by atoms with Gasteiger partial charge in [0.25, 0.3) is 0 Å². The van der Waals surface area contributed by atoms with Gasteiger partial charge in [0.2, 0.25) is 0 Å². The second-order valence-corrected chi connectivity index (χ2v) is 5.61. The van der Waals surface area contributed by atoms with Crippen LogP contribution in [0.4, 0.5) is 0 Å². The number of allylic oxidation sites excluding steroid dienone is 2. The summed E-state index contributed by atoms with van der Waals surface area (Å²) in [5.41, 5.74) is 4.30. The molecule has 0 atom stereocenters. The van der Waals surface area contributed by atoms with E-state index in [2.05, 4.69) is 6.92 Å². The van der Waals surface area contributed by atoms with E-state index in [0.717, 1.165) is 28.7 Å². The molecule has 0 radical (unpaired) electrons. The quantitative estimate of drug-likeness (QED) is 0.754. The third-order valence-electron chi connectivity index (χ3n) is 3.88. The molecule has 0 spiro atoms. The first-order valence-electron chi connectivity index (χ1n) is 7.81. The standard InChI is InChI=1S/C20H22O3/c1-3-19(15-5-9-17(22)10-6-15)20(13-4-14(2)21)16-7-11-18(23)12-8-16/h5-12,22-23H,3-4,13H2,1-2H3/b20-19+. The lowest BCUT2D eigenvalue weighted by Gasteiger charge is -2.15. The number of aromatic hydroxyl groups is 2. The Morgan fingerprint density at radius 1 is 0.783 bits per heavy atom. The predicted octanol–water partition coefficient (Wildman–Crippen LogP) is 4.79. The van der Waals surface area contributed by atoms with E-state index in [0.29, 0.717) is 12.8 Å². The maximum atomic E-state index is 11.4. The van der Waals surface area contributed by atoms with E-state index in [9.17, 15) is 15.0 Å². The van der Waals surface area contributed by atoms with Gasteiger partial charge in [-0.15, -0.1) is 0 Å². The van der Waals surface area contributed by atoms with Crippen LogP contribution >= 0.6 is 0 Å². The van der Waals surface area contributed by atoms with Crippen molar-refractivity contribution in [2.24, 2.45) is 0 Å². The van der Waals surface area contributed by atoms with Crippen LogP contribution in [0.25, 0.3) is 11.1 Å². The third-order valence-corrected chi connectivity index (χ3v) is 3.88. The fraction of sp³-hybridized carbons (Fsp3) is 0.250. The number of hydrogen-bond acceptors (Lipinski definition) is 3. The zero-order valence-corrected chi connectivity index (χ0v) is 13.5. The Morgan fingerprint density at radius 3 is 1.61 bits per heavy atom. The Kier molecular flexibility index (Phi) is 5.58. The monoisotopic (exact) mass is 310 g/mol. The molecule has 120 valence electrons. The molecule has 0 aromatic heterocycles. The molecule has 2 rings (SSSR count). The number of carbonyl (C=O) groups is 1. The summed E-state index contributed by atoms with van der Waals surface area (Å²) >= 11 is 0. The topological polar surface area (TPSA) is 57.5 Å². The normalized spacial score (nSPS) is 11.9. The number of hydrogen-bond donors (Lipinski definition) is 2. The summed E-state index contributed by atoms with van der Waals surface area (Å²) in [7, 11) is 0. The minimum absolute atomic E-state index is 0.155. The molecule has 2 N–H and O–H groups in total. The first-order valence-corrected chi connectivity index (χ1v) is 7.81. The van der Waals surface area contributed by atoms with E-state index in [1.165, 1.54) is 0 Å². The van der Waals surface area contributed by atoms with E-state index in [1.54, 1.807) is 31.2 Å². The highest BCUT2D eigenvalue weighted by Gasteiger charge is 2.12. The number of phenolic OH excluding ortho intramolecular Hbond substituents is 2. The van der Waals surface area contributed by atoms with Crippen LogP contribution in [0.1, 0.15) is 44.2 Å². The summed E-state index contributed by atoms with van der Waals surface area (Å²) in [4.78, 5) is 11.4. The zero-order valence-electron chi connectivity index (χ0n) is 13.5. The lowest BCUT2D eigenvalue weighted by Crippen LogP contribution is -1.96. The Hall–Kier alpha value is -2.55. The second-order valence-electron chi connectivity index (χ2n) is 5.61. The third kappa shape index (κ3) is 4.46. The molecule has 0 unspecified atom stereocenters. The van der Waals surface area contributed by atoms with Crippen molar-refractivity contribution in [3.63, 3.8) is 0 Å². The number of rotatable bonds is 6. The van der Waals surface area contributed by atoms with E-state index in [1.807, 2.05) is 24.3 Å². The lowest BCUT2D eigenvalue weighted by molar-refractivity contribution is -0.116. The number of carbonyl (C=O) groups excluding carboxylic acids is 1. The highest BCUT2D eigenvalue weighted by Crippen LogP contribution is 2.33. The molecule has 0 saturated carbocycles. The van der Waals surface area contributed by atoms with Crippen LogP contribution in [0.15, 0.2) is 48.5 Å². The van der Waals surface area contributed by atoms with Gasteiger partial charge in [0.1, 0.15) is 17.3 Å². The van der Waals surface area contributed by atoms with Crippen molar-refractivity contribution < 1.29 is 15.0 Å². The number of ketones is 1. The second kappa shape index (κ2) is 7.63. The molecule has 2 aromatic rings. The molecule has 3 nitrogen and oxygen atoms in total. The van der Waals surface area contributed by atoms with E-state index < -0.39 is 0 Å². The highest BCUT2D eigenvalue weighted by molar-refractivity contribution is 5.92. The fourth-order valence-electron chi connectivity index (χ4n) is 2.69. The van der Waals surface area contributed by atoms with Gasteiger partial charge in [-0.1, -0.05) is 31.2 Å². The number of benzene rings is 2. The molecule has 0 saturated heterocycles. The highest BCUT2D eigenvalue weighted by atomic mass is 16.3. The predicted molar refractivity (Wildman–Crippen MR) is 93.2 cm³/mol. The molecule has 3 heteroatoms. The Labute approximate surface area is 136 Å². The zero-order chi connectivity index (χ0) is 16.8. The van der Waals surface area contributed by atoms with Crippen molar-refractivity contribution >= 4 is 16.9 Å². The number of Topliss-reactive ketones (excluding diaryl/α,β-unsaturated/α-hetero) is 1. The molecular formula is C20H22O3. The molecule has 0 amide bonds. The molecule has 2 aromatic carbocycles. The summed E-state index contributed by atoms with van der Waals surface area (Å²) in [6.45, 7) is 3.68. The van der Waals surface area contributed by atoms with E-state index >= 15 is 0 Å². The van der Waals surface area contributed by atoms with Gasteiger partial charge in [-0.2, -0.15) is 0 Å². The smallest absolute Gasteiger partial charge is 0.130 e. The van der Waals surface area contributed by atoms with Crippen LogP contribution in [0.2, 0.25) is 0 Å². The van der Waals surface area contributed by atoms with Crippen LogP contribution in [-0.2, 0) is 4.79 Å². The van der Waals surface area contributed by atoms with Gasteiger partial charge in [0, 0.05) is 6.42 Å². The number of phenols is 2. The molecule has 0 aliphatic rings. The van der Waals surface area contributed by atoms with Crippen molar-refractivity contribution in [2.45, 2.75) is 33.1 Å². The maximum Gasteiger partial charge on any atom is 0.130 e. The summed E-state index contributed by atoms with van der Waals surface area (Å²) < 4.78 is 0. The Morgan fingerprint density at radius 2 is 1.22 bits per heavy atom. The molecule has 23 heavy (non-hydrogen) atoms. The van der Waals surface area contributed by atoms with Crippen molar-refractivity contribution in [3.05, 3.63) is 59.7 Å². The largest absolute Gasteiger partial charge is 0.508 e. The fourth-order valence-corrected chi connectivity index (χ4v) is 2.69. The van der Waals surface area contributed by atoms with Gasteiger partial charge < -0.3 is 15.0 Å². The molecule has 0 heterocycles. The first-order chi connectivity index (χ1) is 11.0.